The normalized spacial score (nSPS) is 23.7. The van der Waals surface area contributed by atoms with Crippen LogP contribution in [0.1, 0.15) is 25.7 Å². The lowest BCUT2D eigenvalue weighted by Gasteiger charge is -2.30. The Balaban J connectivity index is 1.89. The summed E-state index contributed by atoms with van der Waals surface area (Å²) in [4.78, 5) is 4.36. The predicted octanol–water partition coefficient (Wildman–Crippen LogP) is 2.27. The topological polar surface area (TPSA) is 60.2 Å². The van der Waals surface area contributed by atoms with Gasteiger partial charge in [-0.3, -0.25) is 0 Å². The van der Waals surface area contributed by atoms with Crippen molar-refractivity contribution in [2.24, 2.45) is 17.6 Å². The fraction of sp³-hybridized carbons (Fsp3) is 0.643. The monoisotopic (exact) mass is 249 g/mol. The number of pyridine rings is 1. The van der Waals surface area contributed by atoms with Crippen molar-refractivity contribution >= 4 is 5.82 Å². The molecule has 1 heterocycles. The van der Waals surface area contributed by atoms with E-state index in [2.05, 4.69) is 10.3 Å². The van der Waals surface area contributed by atoms with E-state index in [1.807, 2.05) is 18.2 Å². The Hall–Kier alpha value is -1.29. The summed E-state index contributed by atoms with van der Waals surface area (Å²) in [6, 6.07) is 5.78. The fourth-order valence-corrected chi connectivity index (χ4v) is 2.73. The minimum atomic E-state index is 0.652. The van der Waals surface area contributed by atoms with Gasteiger partial charge >= 0.3 is 0 Å². The number of methoxy groups -OCH3 is 1. The number of aromatic nitrogens is 1. The molecule has 1 aliphatic carbocycles. The number of hydrogen-bond acceptors (Lipinski definition) is 4. The molecule has 0 radical (unpaired) electrons. The van der Waals surface area contributed by atoms with E-state index >= 15 is 0 Å². The third-order valence-electron chi connectivity index (χ3n) is 3.85. The number of anilines is 1. The van der Waals surface area contributed by atoms with Crippen molar-refractivity contribution in [1.29, 1.82) is 0 Å². The summed E-state index contributed by atoms with van der Waals surface area (Å²) in [5.41, 5.74) is 5.84. The largest absolute Gasteiger partial charge is 0.481 e. The highest BCUT2D eigenvalue weighted by molar-refractivity contribution is 5.37. The Kier molecular flexibility index (Phi) is 4.81. The number of hydrogen-bond donors (Lipinski definition) is 2. The zero-order valence-corrected chi connectivity index (χ0v) is 11.1. The maximum atomic E-state index is 5.84. The summed E-state index contributed by atoms with van der Waals surface area (Å²) in [7, 11) is 1.64. The molecule has 0 saturated heterocycles. The van der Waals surface area contributed by atoms with Crippen molar-refractivity contribution in [2.45, 2.75) is 25.7 Å². The quantitative estimate of drug-likeness (QED) is 0.840. The molecule has 2 rings (SSSR count). The third-order valence-corrected chi connectivity index (χ3v) is 3.85. The molecule has 0 spiro atoms. The van der Waals surface area contributed by atoms with Crippen molar-refractivity contribution in [3.63, 3.8) is 0 Å². The minimum absolute atomic E-state index is 0.652. The molecule has 1 aliphatic rings. The zero-order valence-electron chi connectivity index (χ0n) is 11.1. The second-order valence-electron chi connectivity index (χ2n) is 4.99. The molecule has 0 aliphatic heterocycles. The van der Waals surface area contributed by atoms with E-state index in [4.69, 9.17) is 10.5 Å². The Morgan fingerprint density at radius 3 is 2.83 bits per heavy atom. The van der Waals surface area contributed by atoms with Crippen LogP contribution < -0.4 is 15.8 Å². The zero-order chi connectivity index (χ0) is 12.8. The molecule has 2 unspecified atom stereocenters. The first-order valence-electron chi connectivity index (χ1n) is 6.78. The van der Waals surface area contributed by atoms with Crippen molar-refractivity contribution in [1.82, 2.24) is 4.98 Å². The number of rotatable bonds is 5. The number of nitrogens with two attached hydrogens (primary N) is 1. The van der Waals surface area contributed by atoms with Gasteiger partial charge in [0, 0.05) is 12.6 Å². The first-order chi connectivity index (χ1) is 8.83. The summed E-state index contributed by atoms with van der Waals surface area (Å²) < 4.78 is 5.12. The van der Waals surface area contributed by atoms with Crippen LogP contribution in [0.2, 0.25) is 0 Å². The van der Waals surface area contributed by atoms with Crippen LogP contribution in [0.5, 0.6) is 5.88 Å². The highest BCUT2D eigenvalue weighted by Gasteiger charge is 2.23. The number of ether oxygens (including phenoxy) is 1. The van der Waals surface area contributed by atoms with Crippen LogP contribution in [-0.4, -0.2) is 25.2 Å². The lowest BCUT2D eigenvalue weighted by molar-refractivity contribution is 0.255. The highest BCUT2D eigenvalue weighted by atomic mass is 16.5. The van der Waals surface area contributed by atoms with Crippen LogP contribution in [-0.2, 0) is 0 Å². The maximum Gasteiger partial charge on any atom is 0.214 e. The molecular formula is C14H23N3O. The Bertz CT molecular complexity index is 370. The van der Waals surface area contributed by atoms with Crippen molar-refractivity contribution in [2.75, 3.05) is 25.5 Å². The fourth-order valence-electron chi connectivity index (χ4n) is 2.73. The molecule has 0 aromatic carbocycles. The molecule has 0 bridgehead atoms. The smallest absolute Gasteiger partial charge is 0.214 e. The molecule has 1 saturated carbocycles. The van der Waals surface area contributed by atoms with E-state index in [0.29, 0.717) is 17.7 Å². The Morgan fingerprint density at radius 2 is 2.11 bits per heavy atom. The van der Waals surface area contributed by atoms with Crippen molar-refractivity contribution < 1.29 is 4.74 Å². The predicted molar refractivity (Wildman–Crippen MR) is 73.8 cm³/mol. The van der Waals surface area contributed by atoms with Gasteiger partial charge in [-0.15, -0.1) is 0 Å². The van der Waals surface area contributed by atoms with Gasteiger partial charge in [-0.05, 0) is 37.3 Å². The molecular weight excluding hydrogens is 226 g/mol. The van der Waals surface area contributed by atoms with Crippen LogP contribution in [0.15, 0.2) is 18.2 Å². The second-order valence-corrected chi connectivity index (χ2v) is 4.99. The third kappa shape index (κ3) is 3.35. The van der Waals surface area contributed by atoms with Gasteiger partial charge < -0.3 is 15.8 Å². The molecule has 4 heteroatoms. The average molecular weight is 249 g/mol. The molecule has 4 nitrogen and oxygen atoms in total. The summed E-state index contributed by atoms with van der Waals surface area (Å²) in [5.74, 6) is 2.88. The molecule has 1 aromatic rings. The van der Waals surface area contributed by atoms with Crippen LogP contribution in [0.3, 0.4) is 0 Å². The summed E-state index contributed by atoms with van der Waals surface area (Å²) >= 11 is 0. The first kappa shape index (κ1) is 13.1. The molecule has 3 N–H and O–H groups in total. The van der Waals surface area contributed by atoms with Crippen LogP contribution in [0.4, 0.5) is 5.82 Å². The summed E-state index contributed by atoms with van der Waals surface area (Å²) in [6.45, 7) is 1.76. The first-order valence-corrected chi connectivity index (χ1v) is 6.78. The molecule has 1 aromatic heterocycles. The van der Waals surface area contributed by atoms with E-state index in [9.17, 15) is 0 Å². The minimum Gasteiger partial charge on any atom is -0.481 e. The van der Waals surface area contributed by atoms with Gasteiger partial charge in [0.25, 0.3) is 0 Å². The van der Waals surface area contributed by atoms with E-state index in [1.54, 1.807) is 7.11 Å². The van der Waals surface area contributed by atoms with Crippen LogP contribution in [0.25, 0.3) is 0 Å². The standard InChI is InChI=1S/C14H23N3O/c1-18-14-8-4-7-13(17-14)16-10-12-6-3-2-5-11(12)9-15/h4,7-8,11-12H,2-3,5-6,9-10,15H2,1H3,(H,16,17). The second kappa shape index (κ2) is 6.59. The van der Waals surface area contributed by atoms with E-state index in [1.165, 1.54) is 25.7 Å². The maximum absolute atomic E-state index is 5.84. The highest BCUT2D eigenvalue weighted by Crippen LogP contribution is 2.29. The van der Waals surface area contributed by atoms with Gasteiger partial charge in [0.2, 0.25) is 5.88 Å². The lowest BCUT2D eigenvalue weighted by Crippen LogP contribution is -2.31. The Morgan fingerprint density at radius 1 is 1.33 bits per heavy atom. The van der Waals surface area contributed by atoms with E-state index in [-0.39, 0.29) is 0 Å². The van der Waals surface area contributed by atoms with E-state index < -0.39 is 0 Å². The number of nitrogens with one attached hydrogen (secondary N) is 1. The summed E-state index contributed by atoms with van der Waals surface area (Å²) in [6.07, 6.45) is 5.21. The van der Waals surface area contributed by atoms with Gasteiger partial charge in [0.1, 0.15) is 5.82 Å². The molecule has 100 valence electrons. The van der Waals surface area contributed by atoms with Gasteiger partial charge in [-0.1, -0.05) is 18.9 Å². The summed E-state index contributed by atoms with van der Waals surface area (Å²) in [5, 5.41) is 3.41. The van der Waals surface area contributed by atoms with Crippen LogP contribution in [0, 0.1) is 11.8 Å². The number of nitrogens with zero attached hydrogens (tertiary/aromatic N) is 1. The lowest BCUT2D eigenvalue weighted by atomic mass is 9.79. The Labute approximate surface area is 109 Å². The van der Waals surface area contributed by atoms with Crippen LogP contribution >= 0.6 is 0 Å². The molecule has 1 fully saturated rings. The molecule has 2 atom stereocenters. The van der Waals surface area contributed by atoms with Crippen molar-refractivity contribution in [3.8, 4) is 5.88 Å². The molecule has 18 heavy (non-hydrogen) atoms. The van der Waals surface area contributed by atoms with Crippen molar-refractivity contribution in [3.05, 3.63) is 18.2 Å². The van der Waals surface area contributed by atoms with Gasteiger partial charge in [-0.25, -0.2) is 0 Å². The van der Waals surface area contributed by atoms with Gasteiger partial charge in [-0.2, -0.15) is 4.98 Å². The average Bonchev–Trinajstić information content (AvgIpc) is 2.45. The van der Waals surface area contributed by atoms with E-state index in [0.717, 1.165) is 18.9 Å². The van der Waals surface area contributed by atoms with Gasteiger partial charge in [0.05, 0.1) is 7.11 Å². The van der Waals surface area contributed by atoms with Gasteiger partial charge in [0.15, 0.2) is 0 Å². The molecule has 0 amide bonds. The SMILES string of the molecule is COc1cccc(NCC2CCCCC2CN)n1.